The molecule has 0 saturated heterocycles. The van der Waals surface area contributed by atoms with Crippen molar-refractivity contribution in [2.45, 2.75) is 45.3 Å². The van der Waals surface area contributed by atoms with Gasteiger partial charge in [0, 0.05) is 30.1 Å². The molecule has 0 saturated carbocycles. The Labute approximate surface area is 252 Å². The normalized spacial score (nSPS) is 14.0. The molecule has 2 atom stereocenters. The van der Waals surface area contributed by atoms with Crippen LogP contribution in [0.4, 0.5) is 5.69 Å². The van der Waals surface area contributed by atoms with E-state index in [1.807, 2.05) is 44.2 Å². The average Bonchev–Trinajstić information content (AvgIpc) is 2.98. The number of sulfonamides is 1. The molecular formula is C31H36ClN3O6S. The van der Waals surface area contributed by atoms with Crippen molar-refractivity contribution in [3.63, 3.8) is 0 Å². The van der Waals surface area contributed by atoms with Crippen molar-refractivity contribution in [1.82, 2.24) is 10.2 Å². The van der Waals surface area contributed by atoms with E-state index in [2.05, 4.69) is 5.32 Å². The number of carbonyl (C=O) groups excluding carboxylic acids is 2. The number of fused-ring (bicyclic) bond motifs is 1. The molecule has 0 radical (unpaired) electrons. The van der Waals surface area contributed by atoms with Crippen LogP contribution < -0.4 is 19.1 Å². The Balaban J connectivity index is 1.73. The molecule has 0 fully saturated rings. The van der Waals surface area contributed by atoms with Gasteiger partial charge in [0.25, 0.3) is 0 Å². The second-order valence-corrected chi connectivity index (χ2v) is 12.6. The lowest BCUT2D eigenvalue weighted by molar-refractivity contribution is -0.140. The summed E-state index contributed by atoms with van der Waals surface area (Å²) in [6.07, 6.45) is 1.99. The molecule has 0 aromatic heterocycles. The van der Waals surface area contributed by atoms with Crippen molar-refractivity contribution in [3.05, 3.63) is 88.9 Å². The predicted octanol–water partition coefficient (Wildman–Crippen LogP) is 4.43. The third kappa shape index (κ3) is 8.17. The monoisotopic (exact) mass is 613 g/mol. The first-order valence-electron chi connectivity index (χ1n) is 13.8. The zero-order valence-corrected chi connectivity index (χ0v) is 25.5. The fourth-order valence-electron chi connectivity index (χ4n) is 4.58. The maximum Gasteiger partial charge on any atom is 0.244 e. The fraction of sp³-hybridized carbons (Fsp3) is 0.355. The van der Waals surface area contributed by atoms with Crippen LogP contribution in [0.15, 0.2) is 72.8 Å². The van der Waals surface area contributed by atoms with Crippen molar-refractivity contribution < 1.29 is 27.5 Å². The van der Waals surface area contributed by atoms with Gasteiger partial charge in [-0.1, -0.05) is 61.0 Å². The number of rotatable bonds is 12. The molecule has 2 amide bonds. The second-order valence-electron chi connectivity index (χ2n) is 10.3. The Morgan fingerprint density at radius 1 is 0.952 bits per heavy atom. The quantitative estimate of drug-likeness (QED) is 0.324. The Morgan fingerprint density at radius 3 is 2.26 bits per heavy atom. The molecule has 11 heteroatoms. The first-order valence-corrected chi connectivity index (χ1v) is 16.0. The lowest BCUT2D eigenvalue weighted by atomic mass is 10.0. The van der Waals surface area contributed by atoms with Crippen LogP contribution in [0.2, 0.25) is 5.02 Å². The van der Waals surface area contributed by atoms with Crippen LogP contribution in [0.5, 0.6) is 11.5 Å². The zero-order valence-electron chi connectivity index (χ0n) is 24.0. The van der Waals surface area contributed by atoms with E-state index in [9.17, 15) is 18.0 Å². The zero-order chi connectivity index (χ0) is 30.3. The lowest BCUT2D eigenvalue weighted by Gasteiger charge is -2.34. The van der Waals surface area contributed by atoms with Gasteiger partial charge < -0.3 is 19.7 Å². The van der Waals surface area contributed by atoms with Gasteiger partial charge in [-0.25, -0.2) is 8.42 Å². The van der Waals surface area contributed by atoms with Crippen molar-refractivity contribution in [2.75, 3.05) is 30.3 Å². The lowest BCUT2D eigenvalue weighted by Crippen LogP contribution is -2.54. The molecule has 224 valence electrons. The molecule has 0 bridgehead atoms. The Morgan fingerprint density at radius 2 is 1.62 bits per heavy atom. The Kier molecular flexibility index (Phi) is 10.3. The van der Waals surface area contributed by atoms with Crippen molar-refractivity contribution in [1.29, 1.82) is 0 Å². The molecular weight excluding hydrogens is 578 g/mol. The smallest absolute Gasteiger partial charge is 0.244 e. The number of nitrogens with zero attached hydrogens (tertiary/aromatic N) is 2. The first-order chi connectivity index (χ1) is 20.0. The first kappa shape index (κ1) is 31.2. The van der Waals surface area contributed by atoms with Crippen LogP contribution >= 0.6 is 11.6 Å². The van der Waals surface area contributed by atoms with Gasteiger partial charge in [0.1, 0.15) is 25.8 Å². The van der Waals surface area contributed by atoms with E-state index >= 15 is 0 Å². The van der Waals surface area contributed by atoms with Crippen LogP contribution in [0, 0.1) is 0 Å². The summed E-state index contributed by atoms with van der Waals surface area (Å²) in [7, 11) is -3.91. The molecule has 3 aromatic carbocycles. The SMILES string of the molecule is CC[C@@H](C)NC(=O)[C@H](Cc1ccccc1)N(Cc1ccc(Cl)cc1)C(=O)CN(c1ccc2c(c1)OCCO2)S(C)(=O)=O. The summed E-state index contributed by atoms with van der Waals surface area (Å²) in [5.41, 5.74) is 1.86. The number of ether oxygens (including phenoxy) is 2. The van der Waals surface area contributed by atoms with Gasteiger partial charge in [-0.15, -0.1) is 0 Å². The van der Waals surface area contributed by atoms with Crippen LogP contribution in [-0.4, -0.2) is 63.2 Å². The minimum Gasteiger partial charge on any atom is -0.486 e. The van der Waals surface area contributed by atoms with E-state index in [1.165, 1.54) is 4.90 Å². The molecule has 0 unspecified atom stereocenters. The molecule has 4 rings (SSSR count). The molecule has 9 nitrogen and oxygen atoms in total. The number of nitrogens with one attached hydrogen (secondary N) is 1. The number of hydrogen-bond donors (Lipinski definition) is 1. The van der Waals surface area contributed by atoms with Crippen LogP contribution in [-0.2, 0) is 32.6 Å². The Bertz CT molecular complexity index is 1480. The van der Waals surface area contributed by atoms with Gasteiger partial charge in [-0.05, 0) is 48.7 Å². The predicted molar refractivity (Wildman–Crippen MR) is 163 cm³/mol. The van der Waals surface area contributed by atoms with Crippen molar-refractivity contribution in [3.8, 4) is 11.5 Å². The highest BCUT2D eigenvalue weighted by Gasteiger charge is 2.33. The van der Waals surface area contributed by atoms with Crippen LogP contribution in [0.25, 0.3) is 0 Å². The van der Waals surface area contributed by atoms with Crippen molar-refractivity contribution in [2.24, 2.45) is 0 Å². The summed E-state index contributed by atoms with van der Waals surface area (Å²) >= 11 is 6.10. The maximum absolute atomic E-state index is 14.2. The molecule has 1 aliphatic heterocycles. The van der Waals surface area contributed by atoms with Gasteiger partial charge >= 0.3 is 0 Å². The van der Waals surface area contributed by atoms with Gasteiger partial charge in [-0.3, -0.25) is 13.9 Å². The molecule has 0 spiro atoms. The summed E-state index contributed by atoms with van der Waals surface area (Å²) in [4.78, 5) is 29.4. The van der Waals surface area contributed by atoms with Crippen LogP contribution in [0.1, 0.15) is 31.4 Å². The topological polar surface area (TPSA) is 105 Å². The van der Waals surface area contributed by atoms with Crippen LogP contribution in [0.3, 0.4) is 0 Å². The van der Waals surface area contributed by atoms with E-state index in [4.69, 9.17) is 21.1 Å². The standard InChI is InChI=1S/C31H36ClN3O6S/c1-4-22(2)33-31(37)27(18-23-8-6-5-7-9-23)34(20-24-10-12-25(32)13-11-24)30(36)21-35(42(3,38)39)26-14-15-28-29(19-26)41-17-16-40-28/h5-15,19,22,27H,4,16-18,20-21H2,1-3H3,(H,33,37)/t22-,27+/m1/s1. The Hall–Kier alpha value is -3.76. The second kappa shape index (κ2) is 13.9. The van der Waals surface area contributed by atoms with E-state index < -0.39 is 28.5 Å². The highest BCUT2D eigenvalue weighted by molar-refractivity contribution is 7.92. The van der Waals surface area contributed by atoms with Gasteiger partial charge in [-0.2, -0.15) is 0 Å². The number of hydrogen-bond acceptors (Lipinski definition) is 6. The van der Waals surface area contributed by atoms with E-state index in [-0.39, 0.29) is 30.6 Å². The van der Waals surface area contributed by atoms with Gasteiger partial charge in [0.05, 0.1) is 11.9 Å². The highest BCUT2D eigenvalue weighted by atomic mass is 35.5. The average molecular weight is 614 g/mol. The number of benzene rings is 3. The molecule has 1 N–H and O–H groups in total. The molecule has 1 aliphatic rings. The number of halogens is 1. The van der Waals surface area contributed by atoms with E-state index in [1.54, 1.807) is 42.5 Å². The third-order valence-corrected chi connectivity index (χ3v) is 8.42. The summed E-state index contributed by atoms with van der Waals surface area (Å²) < 4.78 is 38.3. The van der Waals surface area contributed by atoms with Gasteiger partial charge in [0.2, 0.25) is 21.8 Å². The third-order valence-electron chi connectivity index (χ3n) is 7.03. The summed E-state index contributed by atoms with van der Waals surface area (Å²) in [5.74, 6) is 0.0396. The number of amides is 2. The van der Waals surface area contributed by atoms with Crippen molar-refractivity contribution >= 4 is 39.1 Å². The molecule has 42 heavy (non-hydrogen) atoms. The minimum absolute atomic E-state index is 0.0696. The molecule has 3 aromatic rings. The van der Waals surface area contributed by atoms with E-state index in [0.717, 1.165) is 21.7 Å². The maximum atomic E-state index is 14.2. The highest BCUT2D eigenvalue weighted by Crippen LogP contribution is 2.35. The summed E-state index contributed by atoms with van der Waals surface area (Å²) in [5, 5.41) is 3.55. The summed E-state index contributed by atoms with van der Waals surface area (Å²) in [6, 6.07) is 20.1. The number of anilines is 1. The number of carbonyl (C=O) groups is 2. The van der Waals surface area contributed by atoms with E-state index in [0.29, 0.717) is 36.2 Å². The molecule has 0 aliphatic carbocycles. The summed E-state index contributed by atoms with van der Waals surface area (Å²) in [6.45, 7) is 4.13. The molecule has 1 heterocycles. The minimum atomic E-state index is -3.91. The largest absolute Gasteiger partial charge is 0.486 e. The fourth-order valence-corrected chi connectivity index (χ4v) is 5.55. The van der Waals surface area contributed by atoms with Gasteiger partial charge in [0.15, 0.2) is 11.5 Å².